The molecule has 5 heteroatoms. The number of benzene rings is 2. The number of nitrogens with zero attached hydrogens (tertiary/aromatic N) is 2. The summed E-state index contributed by atoms with van der Waals surface area (Å²) in [5, 5.41) is 0. The van der Waals surface area contributed by atoms with E-state index in [4.69, 9.17) is 4.74 Å². The van der Waals surface area contributed by atoms with Crippen LogP contribution in [-0.2, 0) is 4.79 Å². The summed E-state index contributed by atoms with van der Waals surface area (Å²) in [5.74, 6) is 0.687. The number of halogens is 1. The average molecular weight is 342 g/mol. The van der Waals surface area contributed by atoms with Crippen LogP contribution in [0.5, 0.6) is 5.75 Å². The van der Waals surface area contributed by atoms with Gasteiger partial charge in [0, 0.05) is 31.9 Å². The van der Waals surface area contributed by atoms with Crippen LogP contribution < -0.4 is 9.64 Å². The number of aryl methyl sites for hydroxylation is 1. The predicted molar refractivity (Wildman–Crippen MR) is 96.5 cm³/mol. The standard InChI is InChI=1S/C20H23FN2O2/c1-16-3-2-4-19(15-16)25-14-9-20(24)23-12-10-22(11-13-23)18-7-5-17(21)6-8-18/h2-8,15H,9-14H2,1H3. The van der Waals surface area contributed by atoms with Crippen molar-refractivity contribution in [2.75, 3.05) is 37.7 Å². The van der Waals surface area contributed by atoms with Gasteiger partial charge in [-0.25, -0.2) is 4.39 Å². The molecule has 1 saturated heterocycles. The van der Waals surface area contributed by atoms with Gasteiger partial charge in [0.05, 0.1) is 13.0 Å². The van der Waals surface area contributed by atoms with Crippen molar-refractivity contribution in [3.05, 3.63) is 59.9 Å². The summed E-state index contributed by atoms with van der Waals surface area (Å²) < 4.78 is 18.7. The van der Waals surface area contributed by atoms with E-state index in [1.165, 1.54) is 12.1 Å². The molecule has 4 nitrogen and oxygen atoms in total. The van der Waals surface area contributed by atoms with Gasteiger partial charge in [-0.1, -0.05) is 12.1 Å². The molecule has 1 amide bonds. The number of hydrogen-bond donors (Lipinski definition) is 0. The van der Waals surface area contributed by atoms with Gasteiger partial charge in [0.25, 0.3) is 0 Å². The molecule has 0 unspecified atom stereocenters. The summed E-state index contributed by atoms with van der Waals surface area (Å²) in [7, 11) is 0. The molecule has 2 aromatic rings. The number of piperazine rings is 1. The number of hydrogen-bond acceptors (Lipinski definition) is 3. The lowest BCUT2D eigenvalue weighted by molar-refractivity contribution is -0.132. The molecular formula is C20H23FN2O2. The number of carbonyl (C=O) groups is 1. The fraction of sp³-hybridized carbons (Fsp3) is 0.350. The van der Waals surface area contributed by atoms with Gasteiger partial charge in [-0.05, 0) is 48.9 Å². The summed E-state index contributed by atoms with van der Waals surface area (Å²) in [6, 6.07) is 14.3. The Kier molecular flexibility index (Phi) is 5.53. The molecule has 0 bridgehead atoms. The van der Waals surface area contributed by atoms with Crippen LogP contribution >= 0.6 is 0 Å². The van der Waals surface area contributed by atoms with Crippen molar-refractivity contribution in [1.29, 1.82) is 0 Å². The number of amides is 1. The summed E-state index contributed by atoms with van der Waals surface area (Å²) >= 11 is 0. The topological polar surface area (TPSA) is 32.8 Å². The molecule has 0 aliphatic carbocycles. The van der Waals surface area contributed by atoms with E-state index in [2.05, 4.69) is 4.90 Å². The molecule has 1 aliphatic rings. The first-order valence-corrected chi connectivity index (χ1v) is 8.59. The van der Waals surface area contributed by atoms with Crippen LogP contribution in [0.4, 0.5) is 10.1 Å². The van der Waals surface area contributed by atoms with Crippen molar-refractivity contribution in [3.8, 4) is 5.75 Å². The molecule has 0 radical (unpaired) electrons. The van der Waals surface area contributed by atoms with E-state index >= 15 is 0 Å². The summed E-state index contributed by atoms with van der Waals surface area (Å²) in [5.41, 5.74) is 2.14. The van der Waals surface area contributed by atoms with E-state index in [-0.39, 0.29) is 11.7 Å². The molecule has 3 rings (SSSR count). The van der Waals surface area contributed by atoms with Crippen LogP contribution in [0.1, 0.15) is 12.0 Å². The number of ether oxygens (including phenoxy) is 1. The van der Waals surface area contributed by atoms with E-state index in [1.807, 2.05) is 36.1 Å². The zero-order valence-electron chi connectivity index (χ0n) is 14.5. The second-order valence-corrected chi connectivity index (χ2v) is 6.26. The number of rotatable bonds is 5. The average Bonchev–Trinajstić information content (AvgIpc) is 2.62. The van der Waals surface area contributed by atoms with Gasteiger partial charge in [-0.15, -0.1) is 0 Å². The van der Waals surface area contributed by atoms with Crippen LogP contribution in [0.2, 0.25) is 0 Å². The third kappa shape index (κ3) is 4.72. The molecule has 1 fully saturated rings. The second kappa shape index (κ2) is 8.01. The Morgan fingerprint density at radius 1 is 1.08 bits per heavy atom. The van der Waals surface area contributed by atoms with Crippen molar-refractivity contribution < 1.29 is 13.9 Å². The fourth-order valence-corrected chi connectivity index (χ4v) is 2.99. The van der Waals surface area contributed by atoms with Crippen LogP contribution in [0.25, 0.3) is 0 Å². The van der Waals surface area contributed by atoms with E-state index in [0.29, 0.717) is 26.1 Å². The maximum absolute atomic E-state index is 13.0. The molecule has 0 atom stereocenters. The Morgan fingerprint density at radius 2 is 1.80 bits per heavy atom. The zero-order valence-corrected chi connectivity index (χ0v) is 14.5. The highest BCUT2D eigenvalue weighted by atomic mass is 19.1. The third-order valence-corrected chi connectivity index (χ3v) is 4.40. The monoisotopic (exact) mass is 342 g/mol. The minimum Gasteiger partial charge on any atom is -0.493 e. The maximum Gasteiger partial charge on any atom is 0.226 e. The Morgan fingerprint density at radius 3 is 2.48 bits per heavy atom. The van der Waals surface area contributed by atoms with Crippen LogP contribution in [0, 0.1) is 12.7 Å². The van der Waals surface area contributed by atoms with E-state index < -0.39 is 0 Å². The summed E-state index contributed by atoms with van der Waals surface area (Å²) in [4.78, 5) is 16.4. The van der Waals surface area contributed by atoms with Crippen molar-refractivity contribution in [2.24, 2.45) is 0 Å². The molecule has 25 heavy (non-hydrogen) atoms. The smallest absolute Gasteiger partial charge is 0.226 e. The predicted octanol–water partition coefficient (Wildman–Crippen LogP) is 3.25. The van der Waals surface area contributed by atoms with E-state index in [1.54, 1.807) is 12.1 Å². The van der Waals surface area contributed by atoms with Gasteiger partial charge in [0.1, 0.15) is 11.6 Å². The van der Waals surface area contributed by atoms with Crippen LogP contribution in [0.15, 0.2) is 48.5 Å². The lowest BCUT2D eigenvalue weighted by Crippen LogP contribution is -2.49. The van der Waals surface area contributed by atoms with Crippen LogP contribution in [-0.4, -0.2) is 43.6 Å². The zero-order chi connectivity index (χ0) is 17.6. The Balaban J connectivity index is 1.43. The number of carbonyl (C=O) groups excluding carboxylic acids is 1. The van der Waals surface area contributed by atoms with Crippen molar-refractivity contribution in [1.82, 2.24) is 4.90 Å². The van der Waals surface area contributed by atoms with E-state index in [9.17, 15) is 9.18 Å². The first kappa shape index (κ1) is 17.3. The minimum absolute atomic E-state index is 0.117. The second-order valence-electron chi connectivity index (χ2n) is 6.26. The molecule has 0 spiro atoms. The molecule has 0 N–H and O–H groups in total. The molecule has 2 aromatic carbocycles. The highest BCUT2D eigenvalue weighted by Gasteiger charge is 2.21. The Labute approximate surface area is 147 Å². The van der Waals surface area contributed by atoms with Gasteiger partial charge in [-0.3, -0.25) is 4.79 Å². The highest BCUT2D eigenvalue weighted by Crippen LogP contribution is 2.17. The van der Waals surface area contributed by atoms with E-state index in [0.717, 1.165) is 30.1 Å². The lowest BCUT2D eigenvalue weighted by atomic mass is 10.2. The normalized spacial score (nSPS) is 14.5. The molecule has 0 saturated carbocycles. The number of anilines is 1. The van der Waals surface area contributed by atoms with Gasteiger partial charge >= 0.3 is 0 Å². The third-order valence-electron chi connectivity index (χ3n) is 4.40. The van der Waals surface area contributed by atoms with Gasteiger partial charge < -0.3 is 14.5 Å². The van der Waals surface area contributed by atoms with Crippen LogP contribution in [0.3, 0.4) is 0 Å². The van der Waals surface area contributed by atoms with Gasteiger partial charge in [0.2, 0.25) is 5.91 Å². The highest BCUT2D eigenvalue weighted by molar-refractivity contribution is 5.76. The van der Waals surface area contributed by atoms with Crippen molar-refractivity contribution >= 4 is 11.6 Å². The fourth-order valence-electron chi connectivity index (χ4n) is 2.99. The molecule has 132 valence electrons. The van der Waals surface area contributed by atoms with Gasteiger partial charge in [0.15, 0.2) is 0 Å². The SMILES string of the molecule is Cc1cccc(OCCC(=O)N2CCN(c3ccc(F)cc3)CC2)c1. The molecular weight excluding hydrogens is 319 g/mol. The summed E-state index contributed by atoms with van der Waals surface area (Å²) in [6.45, 7) is 5.28. The largest absolute Gasteiger partial charge is 0.493 e. The molecule has 1 aliphatic heterocycles. The maximum atomic E-state index is 13.0. The minimum atomic E-state index is -0.230. The van der Waals surface area contributed by atoms with Gasteiger partial charge in [-0.2, -0.15) is 0 Å². The summed E-state index contributed by atoms with van der Waals surface area (Å²) in [6.07, 6.45) is 0.379. The van der Waals surface area contributed by atoms with Crippen molar-refractivity contribution in [3.63, 3.8) is 0 Å². The quantitative estimate of drug-likeness (QED) is 0.836. The lowest BCUT2D eigenvalue weighted by Gasteiger charge is -2.36. The van der Waals surface area contributed by atoms with Crippen molar-refractivity contribution in [2.45, 2.75) is 13.3 Å². The molecule has 0 aromatic heterocycles. The first-order valence-electron chi connectivity index (χ1n) is 8.59. The Hall–Kier alpha value is -2.56. The Bertz CT molecular complexity index is 710. The first-order chi connectivity index (χ1) is 12.1. The molecule has 1 heterocycles.